The summed E-state index contributed by atoms with van der Waals surface area (Å²) in [6.07, 6.45) is 4.90. The molecule has 3 heterocycles. The predicted octanol–water partition coefficient (Wildman–Crippen LogP) is 2.29. The summed E-state index contributed by atoms with van der Waals surface area (Å²) >= 11 is 0. The van der Waals surface area contributed by atoms with Crippen molar-refractivity contribution in [1.82, 2.24) is 9.61 Å². The first-order valence-electron chi connectivity index (χ1n) is 5.00. The van der Waals surface area contributed by atoms with Gasteiger partial charge < -0.3 is 9.52 Å². The standard InChI is InChI=1S/C12H8N2O3/c15-12(16)10-6-11-9(8-3-5-17-7-8)2-1-4-14(11)13-10/h1-7H,(H,15,16). The molecule has 0 saturated heterocycles. The fourth-order valence-electron chi connectivity index (χ4n) is 1.78. The normalized spacial score (nSPS) is 10.8. The number of carboxylic acid groups (broad SMARTS) is 1. The Bertz CT molecular complexity index is 683. The van der Waals surface area contributed by atoms with Crippen LogP contribution in [0.15, 0.2) is 47.4 Å². The van der Waals surface area contributed by atoms with E-state index in [1.807, 2.05) is 18.2 Å². The molecule has 0 bridgehead atoms. The summed E-state index contributed by atoms with van der Waals surface area (Å²) in [5.74, 6) is -1.04. The molecule has 5 heteroatoms. The van der Waals surface area contributed by atoms with Gasteiger partial charge in [0, 0.05) is 17.3 Å². The number of carboxylic acids is 1. The van der Waals surface area contributed by atoms with Gasteiger partial charge in [-0.1, -0.05) is 6.07 Å². The van der Waals surface area contributed by atoms with Crippen LogP contribution >= 0.6 is 0 Å². The zero-order valence-corrected chi connectivity index (χ0v) is 8.70. The second kappa shape index (κ2) is 3.48. The molecule has 0 atom stereocenters. The molecule has 84 valence electrons. The summed E-state index contributed by atoms with van der Waals surface area (Å²) in [6.45, 7) is 0. The van der Waals surface area contributed by atoms with Gasteiger partial charge in [-0.15, -0.1) is 0 Å². The lowest BCUT2D eigenvalue weighted by Gasteiger charge is -1.99. The van der Waals surface area contributed by atoms with Gasteiger partial charge >= 0.3 is 5.97 Å². The molecule has 3 rings (SSSR count). The zero-order chi connectivity index (χ0) is 11.8. The number of furan rings is 1. The summed E-state index contributed by atoms with van der Waals surface area (Å²) in [7, 11) is 0. The molecule has 0 saturated carbocycles. The van der Waals surface area contributed by atoms with Crippen molar-refractivity contribution in [2.75, 3.05) is 0 Å². The highest BCUT2D eigenvalue weighted by atomic mass is 16.4. The Morgan fingerprint density at radius 1 is 1.41 bits per heavy atom. The minimum absolute atomic E-state index is 0.0287. The maximum absolute atomic E-state index is 10.9. The van der Waals surface area contributed by atoms with Crippen LogP contribution in [-0.4, -0.2) is 20.7 Å². The number of nitrogens with zero attached hydrogens (tertiary/aromatic N) is 2. The molecule has 0 aromatic carbocycles. The van der Waals surface area contributed by atoms with Crippen LogP contribution in [0, 0.1) is 0 Å². The van der Waals surface area contributed by atoms with Crippen molar-refractivity contribution in [1.29, 1.82) is 0 Å². The molecule has 0 aliphatic carbocycles. The number of hydrogen-bond acceptors (Lipinski definition) is 3. The summed E-state index contributed by atoms with van der Waals surface area (Å²) in [5, 5.41) is 12.9. The van der Waals surface area contributed by atoms with Gasteiger partial charge in [0.05, 0.1) is 18.0 Å². The molecule has 3 aromatic heterocycles. The number of rotatable bonds is 2. The molecule has 1 N–H and O–H groups in total. The first-order valence-corrected chi connectivity index (χ1v) is 5.00. The Morgan fingerprint density at radius 3 is 3.00 bits per heavy atom. The number of carbonyl (C=O) groups is 1. The van der Waals surface area contributed by atoms with Crippen molar-refractivity contribution in [3.63, 3.8) is 0 Å². The van der Waals surface area contributed by atoms with Crippen LogP contribution in [0.5, 0.6) is 0 Å². The van der Waals surface area contributed by atoms with Gasteiger partial charge in [0.15, 0.2) is 5.69 Å². The quantitative estimate of drug-likeness (QED) is 0.730. The summed E-state index contributed by atoms with van der Waals surface area (Å²) in [4.78, 5) is 10.9. The number of aromatic nitrogens is 2. The molecule has 0 aliphatic heterocycles. The third kappa shape index (κ3) is 1.48. The van der Waals surface area contributed by atoms with Crippen LogP contribution in [0.4, 0.5) is 0 Å². The number of hydrogen-bond donors (Lipinski definition) is 1. The molecule has 5 nitrogen and oxygen atoms in total. The van der Waals surface area contributed by atoms with E-state index in [0.717, 1.165) is 16.6 Å². The second-order valence-corrected chi connectivity index (χ2v) is 3.60. The molecule has 0 unspecified atom stereocenters. The monoisotopic (exact) mass is 228 g/mol. The van der Waals surface area contributed by atoms with Gasteiger partial charge in [0.1, 0.15) is 0 Å². The van der Waals surface area contributed by atoms with E-state index in [4.69, 9.17) is 9.52 Å². The van der Waals surface area contributed by atoms with Crippen molar-refractivity contribution in [3.05, 3.63) is 48.7 Å². The Hall–Kier alpha value is -2.56. The van der Waals surface area contributed by atoms with Crippen LogP contribution < -0.4 is 0 Å². The lowest BCUT2D eigenvalue weighted by atomic mass is 10.1. The van der Waals surface area contributed by atoms with E-state index < -0.39 is 5.97 Å². The minimum Gasteiger partial charge on any atom is -0.476 e. The predicted molar refractivity (Wildman–Crippen MR) is 59.9 cm³/mol. The number of pyridine rings is 1. The highest BCUT2D eigenvalue weighted by Gasteiger charge is 2.12. The summed E-state index contributed by atoms with van der Waals surface area (Å²) in [5.41, 5.74) is 2.56. The molecule has 0 spiro atoms. The van der Waals surface area contributed by atoms with Crippen molar-refractivity contribution >= 4 is 11.5 Å². The van der Waals surface area contributed by atoms with Gasteiger partial charge in [-0.05, 0) is 18.2 Å². The van der Waals surface area contributed by atoms with Gasteiger partial charge in [0.25, 0.3) is 0 Å². The van der Waals surface area contributed by atoms with Crippen molar-refractivity contribution in [3.8, 4) is 11.1 Å². The fourth-order valence-corrected chi connectivity index (χ4v) is 1.78. The van der Waals surface area contributed by atoms with Crippen LogP contribution in [0.1, 0.15) is 10.5 Å². The Labute approximate surface area is 95.9 Å². The average molecular weight is 228 g/mol. The Kier molecular flexibility index (Phi) is 1.98. The maximum Gasteiger partial charge on any atom is 0.356 e. The lowest BCUT2D eigenvalue weighted by molar-refractivity contribution is 0.0690. The van der Waals surface area contributed by atoms with Crippen LogP contribution in [0.3, 0.4) is 0 Å². The molecule has 17 heavy (non-hydrogen) atoms. The topological polar surface area (TPSA) is 67.7 Å². The maximum atomic E-state index is 10.9. The third-order valence-electron chi connectivity index (χ3n) is 2.55. The van der Waals surface area contributed by atoms with Crippen molar-refractivity contribution in [2.45, 2.75) is 0 Å². The van der Waals surface area contributed by atoms with Crippen molar-refractivity contribution in [2.24, 2.45) is 0 Å². The largest absolute Gasteiger partial charge is 0.476 e. The zero-order valence-electron chi connectivity index (χ0n) is 8.70. The van der Waals surface area contributed by atoms with Crippen LogP contribution in [0.25, 0.3) is 16.6 Å². The van der Waals surface area contributed by atoms with Gasteiger partial charge in [-0.3, -0.25) is 0 Å². The van der Waals surface area contributed by atoms with E-state index in [1.54, 1.807) is 29.3 Å². The molecule has 3 aromatic rings. The van der Waals surface area contributed by atoms with E-state index in [1.165, 1.54) is 0 Å². The molecular weight excluding hydrogens is 220 g/mol. The Morgan fingerprint density at radius 2 is 2.29 bits per heavy atom. The highest BCUT2D eigenvalue weighted by molar-refractivity contribution is 5.90. The molecular formula is C12H8N2O3. The molecule has 0 radical (unpaired) electrons. The first-order chi connectivity index (χ1) is 8.25. The van der Waals surface area contributed by atoms with E-state index in [0.29, 0.717) is 0 Å². The number of fused-ring (bicyclic) bond motifs is 1. The lowest BCUT2D eigenvalue weighted by Crippen LogP contribution is -1.97. The second-order valence-electron chi connectivity index (χ2n) is 3.60. The first kappa shape index (κ1) is 9.65. The van der Waals surface area contributed by atoms with E-state index in [9.17, 15) is 4.79 Å². The molecule has 0 fully saturated rings. The highest BCUT2D eigenvalue weighted by Crippen LogP contribution is 2.25. The van der Waals surface area contributed by atoms with Crippen molar-refractivity contribution < 1.29 is 14.3 Å². The van der Waals surface area contributed by atoms with E-state index >= 15 is 0 Å². The number of aromatic carboxylic acids is 1. The Balaban J connectivity index is 2.29. The fraction of sp³-hybridized carbons (Fsp3) is 0. The smallest absolute Gasteiger partial charge is 0.356 e. The van der Waals surface area contributed by atoms with E-state index in [2.05, 4.69) is 5.10 Å². The van der Waals surface area contributed by atoms with Crippen LogP contribution in [0.2, 0.25) is 0 Å². The average Bonchev–Trinajstić information content (AvgIpc) is 2.97. The van der Waals surface area contributed by atoms with Gasteiger partial charge in [-0.2, -0.15) is 5.10 Å². The third-order valence-corrected chi connectivity index (χ3v) is 2.55. The molecule has 0 amide bonds. The summed E-state index contributed by atoms with van der Waals surface area (Å²) in [6, 6.07) is 7.08. The summed E-state index contributed by atoms with van der Waals surface area (Å²) < 4.78 is 6.57. The van der Waals surface area contributed by atoms with Crippen LogP contribution in [-0.2, 0) is 0 Å². The molecule has 0 aliphatic rings. The minimum atomic E-state index is -1.04. The van der Waals surface area contributed by atoms with Gasteiger partial charge in [0.2, 0.25) is 0 Å². The van der Waals surface area contributed by atoms with Gasteiger partial charge in [-0.25, -0.2) is 9.31 Å². The van der Waals surface area contributed by atoms with E-state index in [-0.39, 0.29) is 5.69 Å². The SMILES string of the molecule is O=C(O)c1cc2c(-c3ccoc3)cccn2n1.